The molecule has 0 unspecified atom stereocenters. The summed E-state index contributed by atoms with van der Waals surface area (Å²) in [6.07, 6.45) is 2.88. The SMILES string of the molecule is CCOC(=O)C=Cc1cc(C#N)ccc1OC. The number of hydrogen-bond donors (Lipinski definition) is 0. The van der Waals surface area contributed by atoms with E-state index < -0.39 is 5.97 Å². The first-order valence-corrected chi connectivity index (χ1v) is 5.14. The molecule has 0 fully saturated rings. The number of rotatable bonds is 4. The lowest BCUT2D eigenvalue weighted by Gasteiger charge is -2.04. The van der Waals surface area contributed by atoms with Gasteiger partial charge in [-0.3, -0.25) is 0 Å². The minimum absolute atomic E-state index is 0.332. The number of ether oxygens (including phenoxy) is 2. The maximum atomic E-state index is 11.2. The summed E-state index contributed by atoms with van der Waals surface area (Å²) in [5, 5.41) is 8.78. The van der Waals surface area contributed by atoms with Crippen LogP contribution in [0.3, 0.4) is 0 Å². The lowest BCUT2D eigenvalue weighted by molar-refractivity contribution is -0.137. The molecule has 17 heavy (non-hydrogen) atoms. The molecular weight excluding hydrogens is 218 g/mol. The average Bonchev–Trinajstić information content (AvgIpc) is 2.36. The zero-order valence-electron chi connectivity index (χ0n) is 9.77. The van der Waals surface area contributed by atoms with Gasteiger partial charge < -0.3 is 9.47 Å². The zero-order valence-corrected chi connectivity index (χ0v) is 9.77. The molecule has 0 aliphatic carbocycles. The van der Waals surface area contributed by atoms with Crippen LogP contribution in [0.4, 0.5) is 0 Å². The fourth-order valence-electron chi connectivity index (χ4n) is 1.28. The Labute approximate surface area is 100 Å². The highest BCUT2D eigenvalue weighted by atomic mass is 16.5. The van der Waals surface area contributed by atoms with Gasteiger partial charge in [0.15, 0.2) is 0 Å². The first kappa shape index (κ1) is 12.8. The van der Waals surface area contributed by atoms with Crippen LogP contribution in [0.1, 0.15) is 18.1 Å². The molecule has 0 radical (unpaired) electrons. The van der Waals surface area contributed by atoms with Crippen molar-refractivity contribution in [2.24, 2.45) is 0 Å². The van der Waals surface area contributed by atoms with Gasteiger partial charge in [-0.25, -0.2) is 4.79 Å². The Morgan fingerprint density at radius 2 is 2.29 bits per heavy atom. The van der Waals surface area contributed by atoms with E-state index >= 15 is 0 Å². The molecule has 4 heteroatoms. The highest BCUT2D eigenvalue weighted by Crippen LogP contribution is 2.21. The Hall–Kier alpha value is -2.28. The van der Waals surface area contributed by atoms with Gasteiger partial charge in [0.2, 0.25) is 0 Å². The summed E-state index contributed by atoms with van der Waals surface area (Å²) in [7, 11) is 1.53. The Bertz CT molecular complexity index is 472. The third-order valence-corrected chi connectivity index (χ3v) is 2.04. The van der Waals surface area contributed by atoms with Crippen molar-refractivity contribution in [3.05, 3.63) is 35.4 Å². The normalized spacial score (nSPS) is 9.94. The molecule has 88 valence electrons. The van der Waals surface area contributed by atoms with E-state index in [-0.39, 0.29) is 0 Å². The molecule has 0 bridgehead atoms. The molecule has 0 atom stereocenters. The number of nitriles is 1. The number of nitrogens with zero attached hydrogens (tertiary/aromatic N) is 1. The van der Waals surface area contributed by atoms with Gasteiger partial charge in [-0.15, -0.1) is 0 Å². The van der Waals surface area contributed by atoms with Gasteiger partial charge in [0, 0.05) is 11.6 Å². The number of carbonyl (C=O) groups excluding carboxylic acids is 1. The molecule has 0 amide bonds. The first-order valence-electron chi connectivity index (χ1n) is 5.14. The monoisotopic (exact) mass is 231 g/mol. The largest absolute Gasteiger partial charge is 0.496 e. The predicted molar refractivity (Wildman–Crippen MR) is 63.4 cm³/mol. The van der Waals surface area contributed by atoms with Crippen molar-refractivity contribution in [3.63, 3.8) is 0 Å². The highest BCUT2D eigenvalue weighted by molar-refractivity contribution is 5.87. The first-order chi connectivity index (χ1) is 8.21. The van der Waals surface area contributed by atoms with Crippen LogP contribution in [-0.4, -0.2) is 19.7 Å². The fraction of sp³-hybridized carbons (Fsp3) is 0.231. The van der Waals surface area contributed by atoms with Crippen LogP contribution in [0.5, 0.6) is 5.75 Å². The number of benzene rings is 1. The lowest BCUT2D eigenvalue weighted by Crippen LogP contribution is -1.98. The van der Waals surface area contributed by atoms with Crippen molar-refractivity contribution in [2.45, 2.75) is 6.92 Å². The van der Waals surface area contributed by atoms with E-state index in [9.17, 15) is 4.79 Å². The van der Waals surface area contributed by atoms with Crippen molar-refractivity contribution in [2.75, 3.05) is 13.7 Å². The minimum atomic E-state index is -0.420. The van der Waals surface area contributed by atoms with Crippen LogP contribution in [0.15, 0.2) is 24.3 Å². The van der Waals surface area contributed by atoms with E-state index in [1.807, 2.05) is 6.07 Å². The molecule has 0 saturated heterocycles. The predicted octanol–water partition coefficient (Wildman–Crippen LogP) is 2.14. The van der Waals surface area contributed by atoms with Crippen LogP contribution in [0, 0.1) is 11.3 Å². The number of hydrogen-bond acceptors (Lipinski definition) is 4. The molecule has 0 heterocycles. The van der Waals surface area contributed by atoms with Crippen molar-refractivity contribution in [3.8, 4) is 11.8 Å². The third-order valence-electron chi connectivity index (χ3n) is 2.04. The maximum absolute atomic E-state index is 11.2. The van der Waals surface area contributed by atoms with Gasteiger partial charge in [0.1, 0.15) is 5.75 Å². The summed E-state index contributed by atoms with van der Waals surface area (Å²) in [4.78, 5) is 11.2. The molecule has 0 aliphatic rings. The second kappa shape index (κ2) is 6.33. The van der Waals surface area contributed by atoms with Crippen LogP contribution in [0.25, 0.3) is 6.08 Å². The zero-order chi connectivity index (χ0) is 12.7. The van der Waals surface area contributed by atoms with Gasteiger partial charge >= 0.3 is 5.97 Å². The summed E-state index contributed by atoms with van der Waals surface area (Å²) in [6.45, 7) is 2.07. The van der Waals surface area contributed by atoms with Gasteiger partial charge in [-0.1, -0.05) is 0 Å². The Balaban J connectivity index is 2.96. The van der Waals surface area contributed by atoms with Gasteiger partial charge in [0.25, 0.3) is 0 Å². The summed E-state index contributed by atoms with van der Waals surface area (Å²) < 4.78 is 9.89. The summed E-state index contributed by atoms with van der Waals surface area (Å²) in [5.41, 5.74) is 1.17. The average molecular weight is 231 g/mol. The van der Waals surface area contributed by atoms with Crippen molar-refractivity contribution >= 4 is 12.0 Å². The maximum Gasteiger partial charge on any atom is 0.330 e. The Morgan fingerprint density at radius 1 is 1.53 bits per heavy atom. The van der Waals surface area contributed by atoms with E-state index in [2.05, 4.69) is 0 Å². The topological polar surface area (TPSA) is 59.3 Å². The van der Waals surface area contributed by atoms with Gasteiger partial charge in [0.05, 0.1) is 25.3 Å². The second-order valence-electron chi connectivity index (χ2n) is 3.15. The van der Waals surface area contributed by atoms with Crippen LogP contribution in [-0.2, 0) is 9.53 Å². The molecule has 1 aromatic rings. The minimum Gasteiger partial charge on any atom is -0.496 e. The summed E-state index contributed by atoms with van der Waals surface area (Å²) in [5.74, 6) is 0.182. The fourth-order valence-corrected chi connectivity index (χ4v) is 1.28. The van der Waals surface area contributed by atoms with Crippen molar-refractivity contribution < 1.29 is 14.3 Å². The summed E-state index contributed by atoms with van der Waals surface area (Å²) in [6, 6.07) is 7.01. The molecule has 0 aliphatic heterocycles. The van der Waals surface area contributed by atoms with Crippen LogP contribution < -0.4 is 4.74 Å². The van der Waals surface area contributed by atoms with Gasteiger partial charge in [-0.05, 0) is 31.2 Å². The third kappa shape index (κ3) is 3.65. The number of methoxy groups -OCH3 is 1. The highest BCUT2D eigenvalue weighted by Gasteiger charge is 2.02. The molecule has 0 saturated carbocycles. The van der Waals surface area contributed by atoms with E-state index in [1.54, 1.807) is 31.2 Å². The standard InChI is InChI=1S/C13H13NO3/c1-3-17-13(15)7-5-11-8-10(9-14)4-6-12(11)16-2/h4-8H,3H2,1-2H3. The lowest BCUT2D eigenvalue weighted by atomic mass is 10.1. The quantitative estimate of drug-likeness (QED) is 0.588. The smallest absolute Gasteiger partial charge is 0.330 e. The molecule has 1 rings (SSSR count). The van der Waals surface area contributed by atoms with E-state index in [4.69, 9.17) is 14.7 Å². The van der Waals surface area contributed by atoms with Crippen LogP contribution >= 0.6 is 0 Å². The molecule has 1 aromatic carbocycles. The van der Waals surface area contributed by atoms with Gasteiger partial charge in [-0.2, -0.15) is 5.26 Å². The molecule has 0 aromatic heterocycles. The van der Waals surface area contributed by atoms with E-state index in [0.29, 0.717) is 23.5 Å². The molecule has 0 spiro atoms. The number of carbonyl (C=O) groups is 1. The van der Waals surface area contributed by atoms with E-state index in [1.165, 1.54) is 13.2 Å². The number of esters is 1. The Morgan fingerprint density at radius 3 is 2.88 bits per heavy atom. The van der Waals surface area contributed by atoms with Crippen molar-refractivity contribution in [1.82, 2.24) is 0 Å². The summed E-state index contributed by atoms with van der Waals surface area (Å²) >= 11 is 0. The second-order valence-corrected chi connectivity index (χ2v) is 3.15. The molecular formula is C13H13NO3. The Kier molecular flexibility index (Phi) is 4.77. The molecule has 4 nitrogen and oxygen atoms in total. The molecule has 0 N–H and O–H groups in total. The van der Waals surface area contributed by atoms with E-state index in [0.717, 1.165) is 0 Å². The van der Waals surface area contributed by atoms with Crippen LogP contribution in [0.2, 0.25) is 0 Å². The van der Waals surface area contributed by atoms with Crippen molar-refractivity contribution in [1.29, 1.82) is 5.26 Å².